The average molecular weight is 424 g/mol. The first-order chi connectivity index (χ1) is 15.6. The van der Waals surface area contributed by atoms with Crippen LogP contribution in [0.3, 0.4) is 0 Å². The summed E-state index contributed by atoms with van der Waals surface area (Å²) in [6.07, 6.45) is 5.46. The van der Waals surface area contributed by atoms with Gasteiger partial charge < -0.3 is 14.5 Å². The van der Waals surface area contributed by atoms with E-state index in [0.29, 0.717) is 28.5 Å². The molecule has 1 amide bonds. The van der Waals surface area contributed by atoms with Crippen LogP contribution in [0.1, 0.15) is 10.5 Å². The summed E-state index contributed by atoms with van der Waals surface area (Å²) in [7, 11) is 3.28. The monoisotopic (exact) mass is 424 g/mol. The van der Waals surface area contributed by atoms with Crippen LogP contribution in [0.25, 0.3) is 28.2 Å². The molecule has 8 heteroatoms. The average Bonchev–Trinajstić information content (AvgIpc) is 3.43. The van der Waals surface area contributed by atoms with Gasteiger partial charge in [0.2, 0.25) is 5.88 Å². The first kappa shape index (κ1) is 19.5. The van der Waals surface area contributed by atoms with Crippen molar-refractivity contribution in [2.75, 3.05) is 12.4 Å². The van der Waals surface area contributed by atoms with E-state index in [9.17, 15) is 4.79 Å². The molecule has 8 nitrogen and oxygen atoms in total. The lowest BCUT2D eigenvalue weighted by Gasteiger charge is -2.09. The van der Waals surface area contributed by atoms with Crippen LogP contribution >= 0.6 is 0 Å². The Kier molecular flexibility index (Phi) is 4.87. The van der Waals surface area contributed by atoms with Crippen molar-refractivity contribution >= 4 is 17.2 Å². The molecule has 158 valence electrons. The number of fused-ring (bicyclic) bond motifs is 1. The van der Waals surface area contributed by atoms with Gasteiger partial charge >= 0.3 is 0 Å². The van der Waals surface area contributed by atoms with Crippen molar-refractivity contribution in [3.05, 3.63) is 84.9 Å². The Bertz CT molecular complexity index is 1420. The number of nitrogens with zero attached hydrogens (tertiary/aromatic N) is 5. The third kappa shape index (κ3) is 3.58. The Morgan fingerprint density at radius 2 is 1.84 bits per heavy atom. The zero-order chi connectivity index (χ0) is 22.1. The Labute approximate surface area is 184 Å². The van der Waals surface area contributed by atoms with E-state index in [-0.39, 0.29) is 5.91 Å². The van der Waals surface area contributed by atoms with Gasteiger partial charge in [-0.3, -0.25) is 9.48 Å². The number of hydrogen-bond donors (Lipinski definition) is 1. The van der Waals surface area contributed by atoms with Crippen molar-refractivity contribution in [1.29, 1.82) is 0 Å². The lowest BCUT2D eigenvalue weighted by atomic mass is 10.1. The molecule has 1 aromatic carbocycles. The Morgan fingerprint density at radius 1 is 1.00 bits per heavy atom. The molecule has 0 saturated carbocycles. The molecule has 0 fully saturated rings. The molecule has 5 aromatic rings. The molecule has 4 heterocycles. The SMILES string of the molecule is COc1cccc(-c2cnn(C)c2C(=O)Nc2ccn3cc(-c4ccccc4)nc3c2)n1. The highest BCUT2D eigenvalue weighted by Gasteiger charge is 2.20. The van der Waals surface area contributed by atoms with Crippen LogP contribution in [0.2, 0.25) is 0 Å². The van der Waals surface area contributed by atoms with Gasteiger partial charge in [-0.1, -0.05) is 36.4 Å². The number of benzene rings is 1. The molecular formula is C24H20N6O2. The minimum atomic E-state index is -0.288. The Hall–Kier alpha value is -4.46. The van der Waals surface area contributed by atoms with Crippen LogP contribution in [-0.2, 0) is 7.05 Å². The standard InChI is InChI=1S/C24H20N6O2/c1-29-23(18(14-25-29)19-9-6-10-22(28-19)32-2)24(31)26-17-11-12-30-15-20(27-21(30)13-17)16-7-4-3-5-8-16/h3-15H,1-2H3,(H,26,31). The summed E-state index contributed by atoms with van der Waals surface area (Å²) >= 11 is 0. The summed E-state index contributed by atoms with van der Waals surface area (Å²) in [4.78, 5) is 22.3. The molecule has 0 bridgehead atoms. The number of rotatable bonds is 5. The van der Waals surface area contributed by atoms with E-state index in [2.05, 4.69) is 20.4 Å². The Morgan fingerprint density at radius 3 is 2.66 bits per heavy atom. The summed E-state index contributed by atoms with van der Waals surface area (Å²) < 4.78 is 8.67. The molecule has 0 aliphatic carbocycles. The van der Waals surface area contributed by atoms with Gasteiger partial charge in [0, 0.05) is 42.8 Å². The van der Waals surface area contributed by atoms with Gasteiger partial charge in [0.05, 0.1) is 30.3 Å². The van der Waals surface area contributed by atoms with Crippen LogP contribution in [-0.4, -0.2) is 37.2 Å². The van der Waals surface area contributed by atoms with Crippen LogP contribution < -0.4 is 10.1 Å². The lowest BCUT2D eigenvalue weighted by molar-refractivity contribution is 0.101. The second-order valence-electron chi connectivity index (χ2n) is 7.22. The molecule has 0 unspecified atom stereocenters. The van der Waals surface area contributed by atoms with E-state index in [1.165, 1.54) is 4.68 Å². The van der Waals surface area contributed by atoms with E-state index in [0.717, 1.165) is 16.9 Å². The first-order valence-corrected chi connectivity index (χ1v) is 10.0. The maximum atomic E-state index is 13.1. The van der Waals surface area contributed by atoms with Crippen LogP contribution in [0.5, 0.6) is 5.88 Å². The zero-order valence-corrected chi connectivity index (χ0v) is 17.6. The summed E-state index contributed by atoms with van der Waals surface area (Å²) in [5, 5.41) is 7.21. The number of hydrogen-bond acceptors (Lipinski definition) is 5. The quantitative estimate of drug-likeness (QED) is 0.460. The number of imidazole rings is 1. The van der Waals surface area contributed by atoms with E-state index in [1.807, 2.05) is 71.4 Å². The van der Waals surface area contributed by atoms with Crippen LogP contribution in [0.4, 0.5) is 5.69 Å². The van der Waals surface area contributed by atoms with E-state index >= 15 is 0 Å². The molecule has 0 radical (unpaired) electrons. The van der Waals surface area contributed by atoms with E-state index in [4.69, 9.17) is 4.74 Å². The molecular weight excluding hydrogens is 404 g/mol. The van der Waals surface area contributed by atoms with Crippen molar-refractivity contribution < 1.29 is 9.53 Å². The number of nitrogens with one attached hydrogen (secondary N) is 1. The van der Waals surface area contributed by atoms with Gasteiger partial charge in [-0.05, 0) is 12.1 Å². The van der Waals surface area contributed by atoms with Gasteiger partial charge in [-0.25, -0.2) is 9.97 Å². The fraction of sp³-hybridized carbons (Fsp3) is 0.0833. The van der Waals surface area contributed by atoms with Gasteiger partial charge in [0.15, 0.2) is 0 Å². The number of ether oxygens (including phenoxy) is 1. The second kappa shape index (κ2) is 7.99. The van der Waals surface area contributed by atoms with Crippen molar-refractivity contribution in [3.8, 4) is 28.4 Å². The molecule has 32 heavy (non-hydrogen) atoms. The summed E-state index contributed by atoms with van der Waals surface area (Å²) in [5.74, 6) is 0.181. The van der Waals surface area contributed by atoms with Crippen molar-refractivity contribution in [2.45, 2.75) is 0 Å². The zero-order valence-electron chi connectivity index (χ0n) is 17.6. The molecule has 5 rings (SSSR count). The smallest absolute Gasteiger partial charge is 0.274 e. The highest BCUT2D eigenvalue weighted by molar-refractivity contribution is 6.07. The van der Waals surface area contributed by atoms with Crippen molar-refractivity contribution in [2.24, 2.45) is 7.05 Å². The highest BCUT2D eigenvalue weighted by Crippen LogP contribution is 2.25. The largest absolute Gasteiger partial charge is 0.481 e. The third-order valence-electron chi connectivity index (χ3n) is 5.15. The van der Waals surface area contributed by atoms with Crippen LogP contribution in [0, 0.1) is 0 Å². The summed E-state index contributed by atoms with van der Waals surface area (Å²) in [5.41, 5.74) is 4.91. The van der Waals surface area contributed by atoms with Gasteiger partial charge in [0.25, 0.3) is 5.91 Å². The van der Waals surface area contributed by atoms with Gasteiger partial charge in [-0.15, -0.1) is 0 Å². The highest BCUT2D eigenvalue weighted by atomic mass is 16.5. The predicted molar refractivity (Wildman–Crippen MR) is 122 cm³/mol. The Balaban J connectivity index is 1.45. The molecule has 0 aliphatic heterocycles. The maximum Gasteiger partial charge on any atom is 0.274 e. The van der Waals surface area contributed by atoms with E-state index in [1.54, 1.807) is 26.4 Å². The number of methoxy groups -OCH3 is 1. The lowest BCUT2D eigenvalue weighted by Crippen LogP contribution is -2.17. The molecule has 0 saturated heterocycles. The number of aromatic nitrogens is 5. The number of pyridine rings is 2. The van der Waals surface area contributed by atoms with Gasteiger partial charge in [0.1, 0.15) is 11.3 Å². The fourth-order valence-electron chi connectivity index (χ4n) is 3.57. The number of carbonyl (C=O) groups excluding carboxylic acids is 1. The third-order valence-corrected chi connectivity index (χ3v) is 5.15. The molecule has 0 atom stereocenters. The minimum Gasteiger partial charge on any atom is -0.481 e. The van der Waals surface area contributed by atoms with Crippen molar-refractivity contribution in [3.63, 3.8) is 0 Å². The molecule has 1 N–H and O–H groups in total. The maximum absolute atomic E-state index is 13.1. The topological polar surface area (TPSA) is 86.3 Å². The first-order valence-electron chi connectivity index (χ1n) is 10.0. The molecule has 4 aromatic heterocycles. The molecule has 0 aliphatic rings. The number of aryl methyl sites for hydroxylation is 1. The van der Waals surface area contributed by atoms with Crippen molar-refractivity contribution in [1.82, 2.24) is 24.1 Å². The summed E-state index contributed by atoms with van der Waals surface area (Å²) in [6, 6.07) is 19.0. The normalized spacial score (nSPS) is 10.9. The summed E-state index contributed by atoms with van der Waals surface area (Å²) in [6.45, 7) is 0. The van der Waals surface area contributed by atoms with E-state index < -0.39 is 0 Å². The number of anilines is 1. The second-order valence-corrected chi connectivity index (χ2v) is 7.22. The number of carbonyl (C=O) groups is 1. The van der Waals surface area contributed by atoms with Crippen LogP contribution in [0.15, 0.2) is 79.3 Å². The fourth-order valence-corrected chi connectivity index (χ4v) is 3.57. The number of amides is 1. The van der Waals surface area contributed by atoms with Gasteiger partial charge in [-0.2, -0.15) is 5.10 Å². The predicted octanol–water partition coefficient (Wildman–Crippen LogP) is 4.06. The minimum absolute atomic E-state index is 0.288. The molecule has 0 spiro atoms.